The van der Waals surface area contributed by atoms with Crippen LogP contribution < -0.4 is 0 Å². The van der Waals surface area contributed by atoms with Gasteiger partial charge in [-0.05, 0) is 53.6 Å². The van der Waals surface area contributed by atoms with E-state index in [0.717, 1.165) is 77.6 Å². The zero-order chi connectivity index (χ0) is 37.0. The van der Waals surface area contributed by atoms with Crippen LogP contribution in [0.4, 0.5) is 0 Å². The van der Waals surface area contributed by atoms with E-state index in [1.54, 1.807) is 0 Å². The van der Waals surface area contributed by atoms with E-state index in [2.05, 4.69) is 126 Å². The Morgan fingerprint density at radius 2 is 0.893 bits per heavy atom. The second-order valence-electron chi connectivity index (χ2n) is 14.0. The van der Waals surface area contributed by atoms with Gasteiger partial charge in [-0.25, -0.2) is 15.0 Å². The van der Waals surface area contributed by atoms with Gasteiger partial charge in [0.1, 0.15) is 11.2 Å². The molecular weight excluding hydrogens is 685 g/mol. The Bertz CT molecular complexity index is 3180. The Hall–Kier alpha value is -7.63. The van der Waals surface area contributed by atoms with Gasteiger partial charge in [0.15, 0.2) is 17.5 Å². The highest BCUT2D eigenvalue weighted by molar-refractivity contribution is 6.15. The third kappa shape index (κ3) is 5.29. The second kappa shape index (κ2) is 13.0. The van der Waals surface area contributed by atoms with Crippen molar-refractivity contribution in [3.63, 3.8) is 0 Å². The van der Waals surface area contributed by atoms with E-state index >= 15 is 0 Å². The molecule has 5 heteroatoms. The minimum atomic E-state index is 0.616. The first-order valence-electron chi connectivity index (χ1n) is 18.8. The number of hydrogen-bond donors (Lipinski definition) is 0. The van der Waals surface area contributed by atoms with Gasteiger partial charge in [-0.1, -0.05) is 152 Å². The summed E-state index contributed by atoms with van der Waals surface area (Å²) in [5, 5.41) is 4.60. The fourth-order valence-corrected chi connectivity index (χ4v) is 8.05. The van der Waals surface area contributed by atoms with Gasteiger partial charge in [0, 0.05) is 49.4 Å². The van der Waals surface area contributed by atoms with Crippen LogP contribution >= 0.6 is 0 Å². The molecule has 0 amide bonds. The number of rotatable bonds is 6. The Morgan fingerprint density at radius 3 is 1.61 bits per heavy atom. The van der Waals surface area contributed by atoms with Crippen molar-refractivity contribution in [2.45, 2.75) is 0 Å². The first-order valence-corrected chi connectivity index (χ1v) is 18.8. The van der Waals surface area contributed by atoms with E-state index < -0.39 is 0 Å². The van der Waals surface area contributed by atoms with Crippen LogP contribution in [0.25, 0.3) is 106 Å². The van der Waals surface area contributed by atoms with Crippen LogP contribution in [0, 0.1) is 0 Å². The first kappa shape index (κ1) is 31.9. The number of para-hydroxylation sites is 3. The average Bonchev–Trinajstić information content (AvgIpc) is 3.82. The molecule has 11 aromatic rings. The van der Waals surface area contributed by atoms with Gasteiger partial charge in [-0.2, -0.15) is 0 Å². The zero-order valence-corrected chi connectivity index (χ0v) is 30.2. The minimum absolute atomic E-state index is 0.616. The summed E-state index contributed by atoms with van der Waals surface area (Å²) in [7, 11) is 0. The predicted molar refractivity (Wildman–Crippen MR) is 229 cm³/mol. The molecule has 56 heavy (non-hydrogen) atoms. The molecule has 0 atom stereocenters. The maximum atomic E-state index is 6.23. The summed E-state index contributed by atoms with van der Waals surface area (Å²) in [5.41, 5.74) is 12.3. The van der Waals surface area contributed by atoms with Crippen LogP contribution in [0.15, 0.2) is 199 Å². The predicted octanol–water partition coefficient (Wildman–Crippen LogP) is 13.2. The Morgan fingerprint density at radius 1 is 0.339 bits per heavy atom. The molecule has 0 spiro atoms. The fraction of sp³-hybridized carbons (Fsp3) is 0. The average molecular weight is 717 g/mol. The summed E-state index contributed by atoms with van der Waals surface area (Å²) in [6, 6.07) is 67.6. The molecule has 0 aliphatic rings. The van der Waals surface area contributed by atoms with Gasteiger partial charge in [-0.15, -0.1) is 0 Å². The Labute approximate surface area is 322 Å². The third-order valence-electron chi connectivity index (χ3n) is 10.7. The molecule has 0 saturated carbocycles. The monoisotopic (exact) mass is 716 g/mol. The third-order valence-corrected chi connectivity index (χ3v) is 10.7. The second-order valence-corrected chi connectivity index (χ2v) is 14.0. The molecule has 0 N–H and O–H groups in total. The highest BCUT2D eigenvalue weighted by atomic mass is 16.3. The molecule has 0 saturated heterocycles. The van der Waals surface area contributed by atoms with Gasteiger partial charge >= 0.3 is 0 Å². The van der Waals surface area contributed by atoms with Crippen molar-refractivity contribution in [3.05, 3.63) is 194 Å². The number of benzene rings is 8. The molecule has 5 nitrogen and oxygen atoms in total. The van der Waals surface area contributed by atoms with Gasteiger partial charge in [0.2, 0.25) is 0 Å². The van der Waals surface area contributed by atoms with E-state index in [0.29, 0.717) is 17.5 Å². The number of nitrogens with zero attached hydrogens (tertiary/aromatic N) is 4. The Balaban J connectivity index is 1.17. The molecule has 0 aliphatic heterocycles. The summed E-state index contributed by atoms with van der Waals surface area (Å²) in [5.74, 6) is 1.88. The molecule has 0 fully saturated rings. The molecule has 8 aromatic carbocycles. The molecule has 0 radical (unpaired) electrons. The van der Waals surface area contributed by atoms with Crippen LogP contribution in [-0.4, -0.2) is 19.5 Å². The lowest BCUT2D eigenvalue weighted by molar-refractivity contribution is 0.669. The van der Waals surface area contributed by atoms with Gasteiger partial charge in [0.25, 0.3) is 0 Å². The lowest BCUT2D eigenvalue weighted by Crippen LogP contribution is -2.02. The van der Waals surface area contributed by atoms with Crippen molar-refractivity contribution in [2.75, 3.05) is 0 Å². The van der Waals surface area contributed by atoms with Crippen LogP contribution in [0.5, 0.6) is 0 Å². The highest BCUT2D eigenvalue weighted by Gasteiger charge is 2.21. The van der Waals surface area contributed by atoms with Crippen LogP contribution in [0.1, 0.15) is 0 Å². The quantitative estimate of drug-likeness (QED) is 0.172. The van der Waals surface area contributed by atoms with E-state index in [1.165, 1.54) is 10.8 Å². The molecule has 3 heterocycles. The number of hydrogen-bond acceptors (Lipinski definition) is 4. The van der Waals surface area contributed by atoms with E-state index in [-0.39, 0.29) is 0 Å². The van der Waals surface area contributed by atoms with Gasteiger partial charge < -0.3 is 8.98 Å². The topological polar surface area (TPSA) is 56.7 Å². The molecular formula is C51H32N4O. The molecule has 0 aliphatic carbocycles. The minimum Gasteiger partial charge on any atom is -0.456 e. The lowest BCUT2D eigenvalue weighted by atomic mass is 9.98. The van der Waals surface area contributed by atoms with Crippen molar-refractivity contribution in [3.8, 4) is 62.1 Å². The molecule has 262 valence electrons. The van der Waals surface area contributed by atoms with Gasteiger partial charge in [-0.3, -0.25) is 0 Å². The van der Waals surface area contributed by atoms with E-state index in [4.69, 9.17) is 19.4 Å². The van der Waals surface area contributed by atoms with Crippen molar-refractivity contribution in [1.82, 2.24) is 19.5 Å². The summed E-state index contributed by atoms with van der Waals surface area (Å²) in [6.45, 7) is 0. The SMILES string of the molecule is c1ccc(-c2nc(-c3ccccc3)nc(-c3ccc(-n4c5ccccc5c5cccc(-c6ccc7oc8ccccc8c7c6)c54)c(-c4ccccc4)c3)n2)cc1. The number of aromatic nitrogens is 4. The Kier molecular flexibility index (Phi) is 7.42. The maximum absolute atomic E-state index is 6.23. The van der Waals surface area contributed by atoms with Crippen molar-refractivity contribution < 1.29 is 4.42 Å². The number of furan rings is 1. The largest absolute Gasteiger partial charge is 0.456 e. The van der Waals surface area contributed by atoms with Crippen molar-refractivity contribution in [2.24, 2.45) is 0 Å². The molecule has 3 aromatic heterocycles. The highest BCUT2D eigenvalue weighted by Crippen LogP contribution is 2.42. The van der Waals surface area contributed by atoms with Crippen LogP contribution in [0.2, 0.25) is 0 Å². The lowest BCUT2D eigenvalue weighted by Gasteiger charge is -2.17. The standard InChI is InChI=1S/C51H32N4O/c1-4-15-33(16-5-1)42-32-37(51-53-49(34-17-6-2-7-18-34)52-50(54-51)35-19-8-3-9-20-35)27-29-45(42)55-44-25-12-10-21-39(44)41-24-14-23-38(48(41)55)36-28-30-47-43(31-36)40-22-11-13-26-46(40)56-47/h1-32H. The summed E-state index contributed by atoms with van der Waals surface area (Å²) < 4.78 is 8.66. The first-order chi connectivity index (χ1) is 27.8. The normalized spacial score (nSPS) is 11.6. The van der Waals surface area contributed by atoms with Crippen molar-refractivity contribution in [1.29, 1.82) is 0 Å². The summed E-state index contributed by atoms with van der Waals surface area (Å²) in [4.78, 5) is 15.1. The van der Waals surface area contributed by atoms with E-state index in [9.17, 15) is 0 Å². The van der Waals surface area contributed by atoms with Crippen LogP contribution in [0.3, 0.4) is 0 Å². The summed E-state index contributed by atoms with van der Waals surface area (Å²) in [6.07, 6.45) is 0. The molecule has 0 bridgehead atoms. The zero-order valence-electron chi connectivity index (χ0n) is 30.2. The molecule has 11 rings (SSSR count). The fourth-order valence-electron chi connectivity index (χ4n) is 8.05. The van der Waals surface area contributed by atoms with Crippen LogP contribution in [-0.2, 0) is 0 Å². The molecule has 0 unspecified atom stereocenters. The smallest absolute Gasteiger partial charge is 0.164 e. The number of fused-ring (bicyclic) bond motifs is 6. The summed E-state index contributed by atoms with van der Waals surface area (Å²) >= 11 is 0. The van der Waals surface area contributed by atoms with Gasteiger partial charge in [0.05, 0.1) is 16.7 Å². The maximum Gasteiger partial charge on any atom is 0.164 e. The van der Waals surface area contributed by atoms with Crippen molar-refractivity contribution >= 4 is 43.7 Å². The van der Waals surface area contributed by atoms with E-state index in [1.807, 2.05) is 72.8 Å².